The Labute approximate surface area is 134 Å². The van der Waals surface area contributed by atoms with Crippen LogP contribution in [0.2, 0.25) is 0 Å². The molecular formula is C15H11BrN4O2. The number of aromatic nitrogens is 4. The first-order valence-electron chi connectivity index (χ1n) is 6.40. The van der Waals surface area contributed by atoms with E-state index in [1.54, 1.807) is 17.9 Å². The molecule has 0 atom stereocenters. The van der Waals surface area contributed by atoms with Crippen molar-refractivity contribution in [2.45, 2.75) is 0 Å². The third-order valence-corrected chi connectivity index (χ3v) is 3.58. The van der Waals surface area contributed by atoms with Crippen LogP contribution in [0.4, 0.5) is 0 Å². The zero-order chi connectivity index (χ0) is 15.7. The molecule has 110 valence electrons. The van der Waals surface area contributed by atoms with Gasteiger partial charge in [0.25, 0.3) is 0 Å². The molecule has 2 heterocycles. The SMILES string of the molecule is Cn1nc(-c2cncc(C(=O)O)c2)nc1-c1cccc(Br)c1. The summed E-state index contributed by atoms with van der Waals surface area (Å²) < 4.78 is 2.61. The van der Waals surface area contributed by atoms with Gasteiger partial charge in [-0.05, 0) is 18.2 Å². The molecule has 0 fully saturated rings. The van der Waals surface area contributed by atoms with E-state index in [4.69, 9.17) is 5.11 Å². The number of hydrogen-bond acceptors (Lipinski definition) is 4. The first-order valence-corrected chi connectivity index (χ1v) is 7.19. The molecule has 7 heteroatoms. The van der Waals surface area contributed by atoms with Gasteiger partial charge in [0.1, 0.15) is 0 Å². The van der Waals surface area contributed by atoms with Crippen LogP contribution in [0.1, 0.15) is 10.4 Å². The van der Waals surface area contributed by atoms with Crippen molar-refractivity contribution in [1.29, 1.82) is 0 Å². The van der Waals surface area contributed by atoms with Gasteiger partial charge in [0.05, 0.1) is 5.56 Å². The third kappa shape index (κ3) is 2.75. The van der Waals surface area contributed by atoms with Crippen LogP contribution in [0.3, 0.4) is 0 Å². The van der Waals surface area contributed by atoms with Crippen molar-refractivity contribution in [1.82, 2.24) is 19.7 Å². The monoisotopic (exact) mass is 358 g/mol. The Morgan fingerprint density at radius 3 is 2.77 bits per heavy atom. The van der Waals surface area contributed by atoms with Crippen molar-refractivity contribution in [3.8, 4) is 22.8 Å². The van der Waals surface area contributed by atoms with Crippen molar-refractivity contribution in [2.75, 3.05) is 0 Å². The second kappa shape index (κ2) is 5.69. The Bertz CT molecular complexity index is 860. The van der Waals surface area contributed by atoms with Crippen molar-refractivity contribution in [2.24, 2.45) is 7.05 Å². The Balaban J connectivity index is 2.06. The summed E-state index contributed by atoms with van der Waals surface area (Å²) in [7, 11) is 1.79. The Morgan fingerprint density at radius 2 is 2.05 bits per heavy atom. The molecule has 0 saturated carbocycles. The Kier molecular flexibility index (Phi) is 3.72. The highest BCUT2D eigenvalue weighted by Crippen LogP contribution is 2.24. The topological polar surface area (TPSA) is 80.9 Å². The van der Waals surface area contributed by atoms with Gasteiger partial charge >= 0.3 is 5.97 Å². The average Bonchev–Trinajstić information content (AvgIpc) is 2.89. The summed E-state index contributed by atoms with van der Waals surface area (Å²) in [4.78, 5) is 19.4. The molecule has 3 aromatic rings. The van der Waals surface area contributed by atoms with Crippen LogP contribution < -0.4 is 0 Å². The van der Waals surface area contributed by atoms with Crippen molar-refractivity contribution in [3.05, 3.63) is 52.8 Å². The molecule has 0 aliphatic heterocycles. The number of benzene rings is 1. The van der Waals surface area contributed by atoms with Gasteiger partial charge in [-0.2, -0.15) is 5.10 Å². The molecule has 0 radical (unpaired) electrons. The summed E-state index contributed by atoms with van der Waals surface area (Å²) in [6.07, 6.45) is 2.84. The zero-order valence-corrected chi connectivity index (χ0v) is 13.1. The van der Waals surface area contributed by atoms with Crippen LogP contribution in [-0.4, -0.2) is 30.8 Å². The fourth-order valence-electron chi connectivity index (χ4n) is 2.06. The first-order chi connectivity index (χ1) is 10.5. The molecule has 1 N–H and O–H groups in total. The maximum atomic E-state index is 11.0. The smallest absolute Gasteiger partial charge is 0.337 e. The van der Waals surface area contributed by atoms with Gasteiger partial charge in [-0.3, -0.25) is 4.98 Å². The van der Waals surface area contributed by atoms with E-state index < -0.39 is 5.97 Å². The van der Waals surface area contributed by atoms with E-state index in [0.29, 0.717) is 17.2 Å². The van der Waals surface area contributed by atoms with Crippen LogP contribution in [0.25, 0.3) is 22.8 Å². The second-order valence-corrected chi connectivity index (χ2v) is 5.58. The largest absolute Gasteiger partial charge is 0.478 e. The predicted molar refractivity (Wildman–Crippen MR) is 84.3 cm³/mol. The predicted octanol–water partition coefficient (Wildman–Crippen LogP) is 3.00. The summed E-state index contributed by atoms with van der Waals surface area (Å²) in [5.74, 6) is 0.0996. The zero-order valence-electron chi connectivity index (χ0n) is 11.6. The molecule has 2 aromatic heterocycles. The van der Waals surface area contributed by atoms with E-state index in [2.05, 4.69) is 31.0 Å². The highest BCUT2D eigenvalue weighted by atomic mass is 79.9. The van der Waals surface area contributed by atoms with Crippen molar-refractivity contribution >= 4 is 21.9 Å². The number of rotatable bonds is 3. The average molecular weight is 359 g/mol. The maximum Gasteiger partial charge on any atom is 0.337 e. The number of nitrogens with zero attached hydrogens (tertiary/aromatic N) is 4. The van der Waals surface area contributed by atoms with E-state index in [1.807, 2.05) is 24.3 Å². The number of carboxylic acids is 1. The maximum absolute atomic E-state index is 11.0. The van der Waals surface area contributed by atoms with Gasteiger partial charge in [0.15, 0.2) is 11.6 Å². The van der Waals surface area contributed by atoms with Gasteiger partial charge in [-0.15, -0.1) is 0 Å². The van der Waals surface area contributed by atoms with Crippen LogP contribution in [0.15, 0.2) is 47.2 Å². The fraction of sp³-hybridized carbons (Fsp3) is 0.0667. The number of carbonyl (C=O) groups is 1. The van der Waals surface area contributed by atoms with Gasteiger partial charge in [-0.25, -0.2) is 14.5 Å². The molecule has 6 nitrogen and oxygen atoms in total. The molecule has 0 amide bonds. The summed E-state index contributed by atoms with van der Waals surface area (Å²) in [6.45, 7) is 0. The number of hydrogen-bond donors (Lipinski definition) is 1. The molecule has 0 saturated heterocycles. The summed E-state index contributed by atoms with van der Waals surface area (Å²) in [5, 5.41) is 13.4. The number of aryl methyl sites for hydroxylation is 1. The number of carboxylic acid groups (broad SMARTS) is 1. The van der Waals surface area contributed by atoms with Crippen LogP contribution in [0.5, 0.6) is 0 Å². The van der Waals surface area contributed by atoms with E-state index in [1.165, 1.54) is 12.3 Å². The molecule has 22 heavy (non-hydrogen) atoms. The van der Waals surface area contributed by atoms with Crippen molar-refractivity contribution < 1.29 is 9.90 Å². The molecule has 1 aromatic carbocycles. The molecule has 0 aliphatic rings. The highest BCUT2D eigenvalue weighted by molar-refractivity contribution is 9.10. The lowest BCUT2D eigenvalue weighted by molar-refractivity contribution is 0.0696. The minimum atomic E-state index is -1.03. The molecular weight excluding hydrogens is 348 g/mol. The van der Waals surface area contributed by atoms with Gasteiger partial charge in [0.2, 0.25) is 0 Å². The molecule has 3 rings (SSSR count). The molecule has 0 bridgehead atoms. The van der Waals surface area contributed by atoms with E-state index in [-0.39, 0.29) is 5.56 Å². The molecule has 0 aliphatic carbocycles. The molecule has 0 spiro atoms. The van der Waals surface area contributed by atoms with Crippen LogP contribution in [0, 0.1) is 0 Å². The third-order valence-electron chi connectivity index (χ3n) is 3.09. The summed E-state index contributed by atoms with van der Waals surface area (Å²) >= 11 is 3.43. The highest BCUT2D eigenvalue weighted by Gasteiger charge is 2.13. The van der Waals surface area contributed by atoms with Gasteiger partial charge in [0, 0.05) is 35.0 Å². The Morgan fingerprint density at radius 1 is 1.23 bits per heavy atom. The number of pyridine rings is 1. The lowest BCUT2D eigenvalue weighted by atomic mass is 10.2. The minimum Gasteiger partial charge on any atom is -0.478 e. The van der Waals surface area contributed by atoms with E-state index in [9.17, 15) is 4.79 Å². The number of halogens is 1. The standard InChI is InChI=1S/C15H11BrN4O2/c1-20-14(9-3-2-4-12(16)6-9)18-13(19-20)10-5-11(15(21)22)8-17-7-10/h2-8H,1H3,(H,21,22). The summed E-state index contributed by atoms with van der Waals surface area (Å²) in [5.41, 5.74) is 1.59. The second-order valence-electron chi connectivity index (χ2n) is 4.66. The van der Waals surface area contributed by atoms with Crippen LogP contribution in [-0.2, 0) is 7.05 Å². The van der Waals surface area contributed by atoms with E-state index >= 15 is 0 Å². The minimum absolute atomic E-state index is 0.106. The van der Waals surface area contributed by atoms with Gasteiger partial charge < -0.3 is 5.11 Å². The lowest BCUT2D eigenvalue weighted by Gasteiger charge is -1.99. The molecule has 0 unspecified atom stereocenters. The van der Waals surface area contributed by atoms with Crippen LogP contribution >= 0.6 is 15.9 Å². The quantitative estimate of drug-likeness (QED) is 0.778. The number of aromatic carboxylic acids is 1. The summed E-state index contributed by atoms with van der Waals surface area (Å²) in [6, 6.07) is 9.24. The lowest BCUT2D eigenvalue weighted by Crippen LogP contribution is -1.98. The fourth-order valence-corrected chi connectivity index (χ4v) is 2.46. The van der Waals surface area contributed by atoms with Gasteiger partial charge in [-0.1, -0.05) is 28.1 Å². The normalized spacial score (nSPS) is 10.6. The Hall–Kier alpha value is -2.54. The first kappa shape index (κ1) is 14.4. The van der Waals surface area contributed by atoms with Crippen molar-refractivity contribution in [3.63, 3.8) is 0 Å². The van der Waals surface area contributed by atoms with E-state index in [0.717, 1.165) is 10.0 Å².